The lowest BCUT2D eigenvalue weighted by Crippen LogP contribution is -2.44. The summed E-state index contributed by atoms with van der Waals surface area (Å²) in [6.07, 6.45) is 5.23. The first-order valence-electron chi connectivity index (χ1n) is 10.2. The average molecular weight is 428 g/mol. The number of ether oxygens (including phenoxy) is 2. The Balaban J connectivity index is 1.62. The summed E-state index contributed by atoms with van der Waals surface area (Å²) >= 11 is 6.01. The van der Waals surface area contributed by atoms with E-state index in [1.54, 1.807) is 4.90 Å². The zero-order valence-electron chi connectivity index (χ0n) is 17.1. The van der Waals surface area contributed by atoms with Gasteiger partial charge in [0.2, 0.25) is 11.8 Å². The van der Waals surface area contributed by atoms with Crippen LogP contribution in [0.2, 0.25) is 0 Å². The van der Waals surface area contributed by atoms with Crippen LogP contribution in [0, 0.1) is 5.41 Å². The van der Waals surface area contributed by atoms with Gasteiger partial charge in [-0.15, -0.1) is 11.6 Å². The van der Waals surface area contributed by atoms with Gasteiger partial charge >= 0.3 is 0 Å². The van der Waals surface area contributed by atoms with E-state index in [2.05, 4.69) is 10.3 Å². The van der Waals surface area contributed by atoms with Crippen LogP contribution < -0.4 is 5.32 Å². The maximum atomic E-state index is 13.0. The SMILES string of the molecule is CC(C)(CCl)C(=O)N(Cc1nc(C(=O)NC[C@@H]2CCCO2)co1)C[C@@H]1CCCO1. The number of amides is 2. The van der Waals surface area contributed by atoms with Gasteiger partial charge in [-0.2, -0.15) is 0 Å². The van der Waals surface area contributed by atoms with Gasteiger partial charge in [-0.25, -0.2) is 4.98 Å². The lowest BCUT2D eigenvalue weighted by molar-refractivity contribution is -0.141. The Morgan fingerprint density at radius 1 is 1.24 bits per heavy atom. The number of carbonyl (C=O) groups is 2. The summed E-state index contributed by atoms with van der Waals surface area (Å²) in [7, 11) is 0. The fourth-order valence-corrected chi connectivity index (χ4v) is 3.61. The third-order valence-electron chi connectivity index (χ3n) is 5.27. The summed E-state index contributed by atoms with van der Waals surface area (Å²) in [4.78, 5) is 31.3. The van der Waals surface area contributed by atoms with Crippen LogP contribution in [0.5, 0.6) is 0 Å². The minimum absolute atomic E-state index is 0.00535. The third-order valence-corrected chi connectivity index (χ3v) is 5.94. The van der Waals surface area contributed by atoms with Crippen molar-refractivity contribution in [3.05, 3.63) is 17.8 Å². The lowest BCUT2D eigenvalue weighted by atomic mass is 9.94. The Bertz CT molecular complexity index is 696. The number of hydrogen-bond acceptors (Lipinski definition) is 6. The van der Waals surface area contributed by atoms with Gasteiger partial charge in [0.1, 0.15) is 6.26 Å². The normalized spacial score (nSPS) is 22.0. The molecule has 0 spiro atoms. The first-order valence-corrected chi connectivity index (χ1v) is 10.7. The molecule has 2 saturated heterocycles. The Morgan fingerprint density at radius 2 is 1.93 bits per heavy atom. The minimum Gasteiger partial charge on any atom is -0.446 e. The van der Waals surface area contributed by atoms with Crippen molar-refractivity contribution in [3.8, 4) is 0 Å². The summed E-state index contributed by atoms with van der Waals surface area (Å²) in [6.45, 7) is 6.13. The van der Waals surface area contributed by atoms with E-state index in [0.717, 1.165) is 32.3 Å². The molecular weight excluding hydrogens is 398 g/mol. The molecule has 29 heavy (non-hydrogen) atoms. The van der Waals surface area contributed by atoms with Gasteiger partial charge in [-0.3, -0.25) is 9.59 Å². The van der Waals surface area contributed by atoms with E-state index in [9.17, 15) is 9.59 Å². The Kier molecular flexibility index (Phi) is 7.54. The molecule has 2 amide bonds. The Hall–Kier alpha value is -1.64. The third kappa shape index (κ3) is 5.93. The molecule has 9 heteroatoms. The van der Waals surface area contributed by atoms with Gasteiger partial charge < -0.3 is 24.1 Å². The molecule has 3 rings (SSSR count). The van der Waals surface area contributed by atoms with E-state index >= 15 is 0 Å². The zero-order chi connectivity index (χ0) is 20.9. The highest BCUT2D eigenvalue weighted by Gasteiger charge is 2.34. The van der Waals surface area contributed by atoms with Crippen LogP contribution in [0.4, 0.5) is 0 Å². The van der Waals surface area contributed by atoms with Gasteiger partial charge in [-0.05, 0) is 39.5 Å². The highest BCUT2D eigenvalue weighted by atomic mass is 35.5. The van der Waals surface area contributed by atoms with Crippen molar-refractivity contribution in [1.82, 2.24) is 15.2 Å². The molecule has 8 nitrogen and oxygen atoms in total. The van der Waals surface area contributed by atoms with Gasteiger partial charge in [0.05, 0.1) is 24.2 Å². The first kappa shape index (κ1) is 22.1. The van der Waals surface area contributed by atoms with E-state index in [4.69, 9.17) is 25.5 Å². The summed E-state index contributed by atoms with van der Waals surface area (Å²) in [5, 5.41) is 2.82. The van der Waals surface area contributed by atoms with Crippen molar-refractivity contribution in [2.24, 2.45) is 5.41 Å². The molecule has 0 radical (unpaired) electrons. The van der Waals surface area contributed by atoms with Gasteiger partial charge in [0.15, 0.2) is 5.69 Å². The molecule has 0 saturated carbocycles. The van der Waals surface area contributed by atoms with Crippen LogP contribution >= 0.6 is 11.6 Å². The van der Waals surface area contributed by atoms with E-state index in [1.807, 2.05) is 13.8 Å². The van der Waals surface area contributed by atoms with Crippen molar-refractivity contribution in [3.63, 3.8) is 0 Å². The van der Waals surface area contributed by atoms with Gasteiger partial charge in [-0.1, -0.05) is 0 Å². The molecular formula is C20H30ClN3O5. The molecule has 2 aliphatic heterocycles. The maximum absolute atomic E-state index is 13.0. The fraction of sp³-hybridized carbons (Fsp3) is 0.750. The second kappa shape index (κ2) is 9.91. The van der Waals surface area contributed by atoms with Crippen LogP contribution in [0.1, 0.15) is 55.9 Å². The fourth-order valence-electron chi connectivity index (χ4n) is 3.49. The number of alkyl halides is 1. The summed E-state index contributed by atoms with van der Waals surface area (Å²) in [6, 6.07) is 0. The molecule has 1 aromatic heterocycles. The molecule has 0 bridgehead atoms. The quantitative estimate of drug-likeness (QED) is 0.608. The molecule has 2 fully saturated rings. The predicted molar refractivity (Wildman–Crippen MR) is 107 cm³/mol. The topological polar surface area (TPSA) is 93.9 Å². The van der Waals surface area contributed by atoms with E-state index in [0.29, 0.717) is 25.6 Å². The smallest absolute Gasteiger partial charge is 0.273 e. The second-order valence-electron chi connectivity index (χ2n) is 8.31. The van der Waals surface area contributed by atoms with Crippen molar-refractivity contribution in [2.45, 2.75) is 58.3 Å². The van der Waals surface area contributed by atoms with Crippen molar-refractivity contribution in [2.75, 3.05) is 32.2 Å². The van der Waals surface area contributed by atoms with Crippen LogP contribution in [0.3, 0.4) is 0 Å². The predicted octanol–water partition coefficient (Wildman–Crippen LogP) is 2.36. The summed E-state index contributed by atoms with van der Waals surface area (Å²) < 4.78 is 16.7. The molecule has 0 unspecified atom stereocenters. The standard InChI is InChI=1S/C20H30ClN3O5/c1-20(2,13-21)19(26)24(10-15-6-4-8-28-15)11-17-23-16(12-29-17)18(25)22-9-14-5-3-7-27-14/h12,14-15H,3-11,13H2,1-2H3,(H,22,25)/t14-,15-/m0/s1. The number of oxazole rings is 1. The number of halogens is 1. The van der Waals surface area contributed by atoms with Crippen molar-refractivity contribution in [1.29, 1.82) is 0 Å². The molecule has 2 aliphatic rings. The van der Waals surface area contributed by atoms with E-state index in [-0.39, 0.29) is 42.1 Å². The number of carbonyl (C=O) groups excluding carboxylic acids is 2. The number of rotatable bonds is 9. The number of hydrogen-bond donors (Lipinski definition) is 1. The number of nitrogens with zero attached hydrogens (tertiary/aromatic N) is 2. The molecule has 1 aromatic rings. The van der Waals surface area contributed by atoms with E-state index in [1.165, 1.54) is 6.26 Å². The molecule has 2 atom stereocenters. The van der Waals surface area contributed by atoms with Crippen LogP contribution in [0.25, 0.3) is 0 Å². The highest BCUT2D eigenvalue weighted by Crippen LogP contribution is 2.24. The van der Waals surface area contributed by atoms with Gasteiger partial charge in [0.25, 0.3) is 5.91 Å². The van der Waals surface area contributed by atoms with Crippen molar-refractivity contribution >= 4 is 23.4 Å². The molecule has 162 valence electrons. The van der Waals surface area contributed by atoms with Crippen LogP contribution in [-0.4, -0.2) is 66.1 Å². The van der Waals surface area contributed by atoms with E-state index < -0.39 is 5.41 Å². The monoisotopic (exact) mass is 427 g/mol. The lowest BCUT2D eigenvalue weighted by Gasteiger charge is -2.31. The molecule has 3 heterocycles. The van der Waals surface area contributed by atoms with Crippen LogP contribution in [-0.2, 0) is 20.8 Å². The largest absolute Gasteiger partial charge is 0.446 e. The number of nitrogens with one attached hydrogen (secondary N) is 1. The second-order valence-corrected chi connectivity index (χ2v) is 8.58. The minimum atomic E-state index is -0.714. The van der Waals surface area contributed by atoms with Crippen molar-refractivity contribution < 1.29 is 23.5 Å². The first-order chi connectivity index (χ1) is 13.9. The van der Waals surface area contributed by atoms with Crippen LogP contribution in [0.15, 0.2) is 10.7 Å². The molecule has 1 N–H and O–H groups in total. The summed E-state index contributed by atoms with van der Waals surface area (Å²) in [5.74, 6) is 0.110. The molecule has 0 aliphatic carbocycles. The Labute approximate surface area is 176 Å². The Morgan fingerprint density at radius 3 is 2.55 bits per heavy atom. The highest BCUT2D eigenvalue weighted by molar-refractivity contribution is 6.19. The molecule has 0 aromatic carbocycles. The zero-order valence-corrected chi connectivity index (χ0v) is 17.9. The summed E-state index contributed by atoms with van der Waals surface area (Å²) in [5.41, 5.74) is -0.520. The maximum Gasteiger partial charge on any atom is 0.273 e. The number of aromatic nitrogens is 1. The average Bonchev–Trinajstić information content (AvgIpc) is 3.47. The van der Waals surface area contributed by atoms with Gasteiger partial charge in [0, 0.05) is 32.2 Å².